The molecule has 0 saturated heterocycles. The zero-order chi connectivity index (χ0) is 20.8. The maximum Gasteiger partial charge on any atom is 0.416 e. The molecule has 0 amide bonds. The second kappa shape index (κ2) is 6.77. The molecule has 0 radical (unpaired) electrons. The number of nitrogens with one attached hydrogen (secondary N) is 1. The lowest BCUT2D eigenvalue weighted by atomic mass is 10.1. The van der Waals surface area contributed by atoms with E-state index in [1.165, 1.54) is 21.2 Å². The van der Waals surface area contributed by atoms with Crippen LogP contribution in [0.3, 0.4) is 0 Å². The highest BCUT2D eigenvalue weighted by atomic mass is 19.4. The van der Waals surface area contributed by atoms with Gasteiger partial charge in [-0.15, -0.1) is 0 Å². The lowest BCUT2D eigenvalue weighted by Crippen LogP contribution is -2.22. The SMILES string of the molecule is CNc1cc(-c2cnn3c(C)cn(-c4ccc(C(F)(F)F)cc4)c(=O)c23)ccn1. The van der Waals surface area contributed by atoms with Crippen LogP contribution in [0.25, 0.3) is 22.3 Å². The molecule has 1 aromatic carbocycles. The normalized spacial score (nSPS) is 11.8. The van der Waals surface area contributed by atoms with Gasteiger partial charge < -0.3 is 5.32 Å². The van der Waals surface area contributed by atoms with Crippen LogP contribution in [0, 0.1) is 6.92 Å². The summed E-state index contributed by atoms with van der Waals surface area (Å²) < 4.78 is 41.4. The Morgan fingerprint density at radius 2 is 1.83 bits per heavy atom. The molecule has 0 bridgehead atoms. The van der Waals surface area contributed by atoms with Crippen molar-refractivity contribution < 1.29 is 13.2 Å². The van der Waals surface area contributed by atoms with Crippen LogP contribution in [0.2, 0.25) is 0 Å². The van der Waals surface area contributed by atoms with Gasteiger partial charge in [0.15, 0.2) is 0 Å². The van der Waals surface area contributed by atoms with E-state index in [-0.39, 0.29) is 5.56 Å². The van der Waals surface area contributed by atoms with E-state index in [1.54, 1.807) is 44.7 Å². The molecule has 0 atom stereocenters. The van der Waals surface area contributed by atoms with E-state index in [9.17, 15) is 18.0 Å². The van der Waals surface area contributed by atoms with Crippen molar-refractivity contribution in [2.24, 2.45) is 0 Å². The molecule has 0 unspecified atom stereocenters. The predicted molar refractivity (Wildman–Crippen MR) is 103 cm³/mol. The van der Waals surface area contributed by atoms with Gasteiger partial charge in [0.2, 0.25) is 0 Å². The average Bonchev–Trinajstić information content (AvgIpc) is 3.16. The maximum atomic E-state index is 13.2. The van der Waals surface area contributed by atoms with Crippen molar-refractivity contribution in [2.45, 2.75) is 13.1 Å². The first-order valence-electron chi connectivity index (χ1n) is 8.71. The Labute approximate surface area is 163 Å². The van der Waals surface area contributed by atoms with E-state index in [0.29, 0.717) is 28.3 Å². The number of alkyl halides is 3. The van der Waals surface area contributed by atoms with Crippen LogP contribution < -0.4 is 10.9 Å². The van der Waals surface area contributed by atoms with Crippen LogP contribution in [0.1, 0.15) is 11.3 Å². The molecule has 1 N–H and O–H groups in total. The van der Waals surface area contributed by atoms with Crippen LogP contribution in [0.4, 0.5) is 19.0 Å². The second-order valence-corrected chi connectivity index (χ2v) is 6.49. The number of pyridine rings is 1. The molecule has 9 heteroatoms. The first kappa shape index (κ1) is 18.7. The van der Waals surface area contributed by atoms with Crippen molar-refractivity contribution in [2.75, 3.05) is 12.4 Å². The zero-order valence-electron chi connectivity index (χ0n) is 15.5. The molecule has 0 saturated carbocycles. The number of hydrogen-bond acceptors (Lipinski definition) is 4. The minimum absolute atomic E-state index is 0.332. The molecule has 0 fully saturated rings. The van der Waals surface area contributed by atoms with Crippen LogP contribution in [-0.2, 0) is 6.18 Å². The summed E-state index contributed by atoms with van der Waals surface area (Å²) in [6, 6.07) is 8.04. The standard InChI is InChI=1S/C20H16F3N5O/c1-12-11-27(15-5-3-14(4-6-15)20(21,22)23)19(29)18-16(10-26-28(12)18)13-7-8-25-17(9-13)24-2/h3-11H,1-2H3,(H,24,25). The maximum absolute atomic E-state index is 13.2. The lowest BCUT2D eigenvalue weighted by Gasteiger charge is -2.11. The molecular formula is C20H16F3N5O. The first-order chi connectivity index (χ1) is 13.8. The summed E-state index contributed by atoms with van der Waals surface area (Å²) in [6.07, 6.45) is 0.332. The molecule has 0 aliphatic heterocycles. The minimum Gasteiger partial charge on any atom is -0.373 e. The molecule has 3 heterocycles. The molecule has 29 heavy (non-hydrogen) atoms. The van der Waals surface area contributed by atoms with E-state index in [2.05, 4.69) is 15.4 Å². The summed E-state index contributed by atoms with van der Waals surface area (Å²) in [6.45, 7) is 1.77. The molecule has 3 aromatic heterocycles. The number of anilines is 1. The molecule has 0 spiro atoms. The summed E-state index contributed by atoms with van der Waals surface area (Å²) >= 11 is 0. The van der Waals surface area contributed by atoms with Gasteiger partial charge in [-0.25, -0.2) is 9.50 Å². The van der Waals surface area contributed by atoms with Crippen molar-refractivity contribution >= 4 is 11.3 Å². The first-order valence-corrected chi connectivity index (χ1v) is 8.71. The Balaban J connectivity index is 1.91. The van der Waals surface area contributed by atoms with Crippen molar-refractivity contribution in [1.29, 1.82) is 0 Å². The molecule has 148 valence electrons. The van der Waals surface area contributed by atoms with Gasteiger partial charge in [0, 0.05) is 30.7 Å². The Morgan fingerprint density at radius 3 is 2.48 bits per heavy atom. The topological polar surface area (TPSA) is 64.2 Å². The molecule has 0 aliphatic carbocycles. The third kappa shape index (κ3) is 3.24. The van der Waals surface area contributed by atoms with E-state index < -0.39 is 11.7 Å². The smallest absolute Gasteiger partial charge is 0.373 e. The molecular weight excluding hydrogens is 383 g/mol. The van der Waals surface area contributed by atoms with Crippen LogP contribution in [0.15, 0.2) is 59.8 Å². The van der Waals surface area contributed by atoms with Gasteiger partial charge in [-0.3, -0.25) is 9.36 Å². The predicted octanol–water partition coefficient (Wildman–Crippen LogP) is 3.92. The molecule has 4 rings (SSSR count). The fourth-order valence-corrected chi connectivity index (χ4v) is 3.18. The van der Waals surface area contributed by atoms with Crippen LogP contribution >= 0.6 is 0 Å². The molecule has 6 nitrogen and oxygen atoms in total. The molecule has 4 aromatic rings. The van der Waals surface area contributed by atoms with Gasteiger partial charge in [0.1, 0.15) is 11.3 Å². The number of halogens is 3. The fourth-order valence-electron chi connectivity index (χ4n) is 3.18. The highest BCUT2D eigenvalue weighted by molar-refractivity contribution is 5.80. The van der Waals surface area contributed by atoms with Gasteiger partial charge in [-0.1, -0.05) is 0 Å². The second-order valence-electron chi connectivity index (χ2n) is 6.49. The quantitative estimate of drug-likeness (QED) is 0.567. The highest BCUT2D eigenvalue weighted by Crippen LogP contribution is 2.30. The van der Waals surface area contributed by atoms with Gasteiger partial charge in [0.25, 0.3) is 5.56 Å². The summed E-state index contributed by atoms with van der Waals surface area (Å²) in [4.78, 5) is 17.4. The Morgan fingerprint density at radius 1 is 1.10 bits per heavy atom. The van der Waals surface area contributed by atoms with Crippen molar-refractivity contribution in [3.8, 4) is 16.8 Å². The van der Waals surface area contributed by atoms with E-state index in [4.69, 9.17) is 0 Å². The van der Waals surface area contributed by atoms with Crippen molar-refractivity contribution in [1.82, 2.24) is 19.2 Å². The number of rotatable bonds is 3. The van der Waals surface area contributed by atoms with Gasteiger partial charge in [-0.2, -0.15) is 18.3 Å². The monoisotopic (exact) mass is 399 g/mol. The van der Waals surface area contributed by atoms with Gasteiger partial charge >= 0.3 is 6.18 Å². The van der Waals surface area contributed by atoms with E-state index in [1.807, 2.05) is 0 Å². The zero-order valence-corrected chi connectivity index (χ0v) is 15.5. The number of hydrogen-bond donors (Lipinski definition) is 1. The van der Waals surface area contributed by atoms with Gasteiger partial charge in [-0.05, 0) is 48.9 Å². The average molecular weight is 399 g/mol. The summed E-state index contributed by atoms with van der Waals surface area (Å²) in [5, 5.41) is 7.25. The third-order valence-electron chi connectivity index (χ3n) is 4.64. The van der Waals surface area contributed by atoms with Crippen LogP contribution in [-0.4, -0.2) is 26.2 Å². The van der Waals surface area contributed by atoms with Crippen LogP contribution in [0.5, 0.6) is 0 Å². The lowest BCUT2D eigenvalue weighted by molar-refractivity contribution is -0.137. The number of benzene rings is 1. The van der Waals surface area contributed by atoms with Gasteiger partial charge in [0.05, 0.1) is 17.5 Å². The third-order valence-corrected chi connectivity index (χ3v) is 4.64. The van der Waals surface area contributed by atoms with Crippen molar-refractivity contribution in [3.05, 3.63) is 76.6 Å². The van der Waals surface area contributed by atoms with E-state index >= 15 is 0 Å². The Kier molecular flexibility index (Phi) is 4.37. The Hall–Kier alpha value is -3.62. The summed E-state index contributed by atoms with van der Waals surface area (Å²) in [5.41, 5.74) is 1.54. The number of aromatic nitrogens is 4. The van der Waals surface area contributed by atoms with Crippen molar-refractivity contribution in [3.63, 3.8) is 0 Å². The summed E-state index contributed by atoms with van der Waals surface area (Å²) in [7, 11) is 1.74. The number of nitrogens with zero attached hydrogens (tertiary/aromatic N) is 4. The minimum atomic E-state index is -4.44. The number of aryl methyl sites for hydroxylation is 1. The largest absolute Gasteiger partial charge is 0.416 e. The highest BCUT2D eigenvalue weighted by Gasteiger charge is 2.30. The molecule has 0 aliphatic rings. The summed E-state index contributed by atoms with van der Waals surface area (Å²) in [5.74, 6) is 0.637. The fraction of sp³-hybridized carbons (Fsp3) is 0.150. The van der Waals surface area contributed by atoms with E-state index in [0.717, 1.165) is 17.7 Å². The number of fused-ring (bicyclic) bond motifs is 1. The Bertz CT molecular complexity index is 1260.